The van der Waals surface area contributed by atoms with Crippen LogP contribution in [0.5, 0.6) is 0 Å². The van der Waals surface area contributed by atoms with Crippen LogP contribution in [0.1, 0.15) is 25.3 Å². The molecule has 108 valence electrons. The van der Waals surface area contributed by atoms with Gasteiger partial charge in [-0.1, -0.05) is 6.07 Å². The summed E-state index contributed by atoms with van der Waals surface area (Å²) < 4.78 is 0.890. The van der Waals surface area contributed by atoms with Crippen LogP contribution in [0.25, 0.3) is 0 Å². The van der Waals surface area contributed by atoms with Crippen LogP contribution in [0.3, 0.4) is 0 Å². The van der Waals surface area contributed by atoms with Gasteiger partial charge in [-0.15, -0.1) is 0 Å². The fraction of sp³-hybridized carbons (Fsp3) is 0.467. The van der Waals surface area contributed by atoms with Gasteiger partial charge in [0.2, 0.25) is 11.8 Å². The van der Waals surface area contributed by atoms with Crippen LogP contribution < -0.4 is 10.2 Å². The molecule has 1 aliphatic rings. The lowest BCUT2D eigenvalue weighted by molar-refractivity contribution is -0.122. The molecule has 1 N–H and O–H groups in total. The minimum Gasteiger partial charge on any atom is -0.354 e. The Morgan fingerprint density at radius 1 is 1.40 bits per heavy atom. The minimum atomic E-state index is -0.0322. The smallest absolute Gasteiger partial charge is 0.223 e. The zero-order valence-corrected chi connectivity index (χ0v) is 13.4. The molecule has 1 fully saturated rings. The van der Waals surface area contributed by atoms with Gasteiger partial charge in [0.1, 0.15) is 0 Å². The number of hydrogen-bond acceptors (Lipinski definition) is 2. The second-order valence-electron chi connectivity index (χ2n) is 5.19. The molecular weight excluding hydrogens is 320 g/mol. The van der Waals surface area contributed by atoms with Crippen molar-refractivity contribution in [3.63, 3.8) is 0 Å². The molecule has 0 heterocycles. The molecule has 0 radical (unpaired) electrons. The van der Waals surface area contributed by atoms with Crippen LogP contribution in [0, 0.1) is 12.8 Å². The number of benzene rings is 1. The molecule has 2 rings (SSSR count). The van der Waals surface area contributed by atoms with E-state index in [9.17, 15) is 9.59 Å². The van der Waals surface area contributed by atoms with Crippen molar-refractivity contribution < 1.29 is 9.59 Å². The van der Waals surface area contributed by atoms with Crippen LogP contribution >= 0.6 is 15.9 Å². The standard InChI is InChI=1S/C15H19BrN2O2/c1-10-3-6-14(13(16)9-10)18(11(2)19)8-7-17-15(20)12-4-5-12/h3,6,9,12H,4-5,7-8H2,1-2H3,(H,17,20). The predicted octanol–water partition coefficient (Wildman–Crippen LogP) is 2.64. The first-order valence-electron chi connectivity index (χ1n) is 6.81. The first-order valence-corrected chi connectivity index (χ1v) is 7.60. The summed E-state index contributed by atoms with van der Waals surface area (Å²) in [6.45, 7) is 4.50. The van der Waals surface area contributed by atoms with E-state index in [1.165, 1.54) is 6.92 Å². The van der Waals surface area contributed by atoms with Crippen molar-refractivity contribution >= 4 is 33.4 Å². The number of anilines is 1. The van der Waals surface area contributed by atoms with Gasteiger partial charge in [-0.3, -0.25) is 9.59 Å². The van der Waals surface area contributed by atoms with Gasteiger partial charge >= 0.3 is 0 Å². The van der Waals surface area contributed by atoms with E-state index in [1.54, 1.807) is 4.90 Å². The highest BCUT2D eigenvalue weighted by molar-refractivity contribution is 9.10. The van der Waals surface area contributed by atoms with Crippen LogP contribution in [0.2, 0.25) is 0 Å². The highest BCUT2D eigenvalue weighted by atomic mass is 79.9. The van der Waals surface area contributed by atoms with Crippen molar-refractivity contribution in [2.24, 2.45) is 5.92 Å². The molecule has 0 unspecified atom stereocenters. The lowest BCUT2D eigenvalue weighted by Crippen LogP contribution is -2.38. The average Bonchev–Trinajstić information content (AvgIpc) is 3.19. The summed E-state index contributed by atoms with van der Waals surface area (Å²) in [7, 11) is 0. The van der Waals surface area contributed by atoms with E-state index in [4.69, 9.17) is 0 Å². The summed E-state index contributed by atoms with van der Waals surface area (Å²) in [6, 6.07) is 5.87. The van der Waals surface area contributed by atoms with E-state index in [0.717, 1.165) is 28.6 Å². The quantitative estimate of drug-likeness (QED) is 0.897. The monoisotopic (exact) mass is 338 g/mol. The van der Waals surface area contributed by atoms with Crippen LogP contribution in [0.15, 0.2) is 22.7 Å². The number of carbonyl (C=O) groups excluding carboxylic acids is 2. The third-order valence-electron chi connectivity index (χ3n) is 3.36. The molecular formula is C15H19BrN2O2. The molecule has 0 atom stereocenters. The van der Waals surface area contributed by atoms with Gasteiger partial charge < -0.3 is 10.2 Å². The largest absolute Gasteiger partial charge is 0.354 e. The van der Waals surface area contributed by atoms with Gasteiger partial charge in [-0.2, -0.15) is 0 Å². The number of carbonyl (C=O) groups is 2. The van der Waals surface area contributed by atoms with Gasteiger partial charge in [0, 0.05) is 30.4 Å². The second-order valence-corrected chi connectivity index (χ2v) is 6.05. The van der Waals surface area contributed by atoms with Crippen LogP contribution in [-0.4, -0.2) is 24.9 Å². The van der Waals surface area contributed by atoms with E-state index >= 15 is 0 Å². The Balaban J connectivity index is 1.99. The Bertz CT molecular complexity index is 527. The van der Waals surface area contributed by atoms with Crippen molar-refractivity contribution in [2.45, 2.75) is 26.7 Å². The van der Waals surface area contributed by atoms with Gasteiger partial charge in [-0.05, 0) is 53.4 Å². The summed E-state index contributed by atoms with van der Waals surface area (Å²) in [5, 5.41) is 2.88. The number of nitrogens with zero attached hydrogens (tertiary/aromatic N) is 1. The summed E-state index contributed by atoms with van der Waals surface area (Å²) in [6.07, 6.45) is 1.98. The summed E-state index contributed by atoms with van der Waals surface area (Å²) in [4.78, 5) is 25.1. The molecule has 1 aromatic carbocycles. The van der Waals surface area contributed by atoms with E-state index in [1.807, 2.05) is 25.1 Å². The maximum Gasteiger partial charge on any atom is 0.223 e. The molecule has 0 aliphatic heterocycles. The van der Waals surface area contributed by atoms with Gasteiger partial charge in [0.15, 0.2) is 0 Å². The number of aryl methyl sites for hydroxylation is 1. The van der Waals surface area contributed by atoms with Gasteiger partial charge in [0.05, 0.1) is 5.69 Å². The number of nitrogens with one attached hydrogen (secondary N) is 1. The average molecular weight is 339 g/mol. The molecule has 1 aromatic rings. The molecule has 1 saturated carbocycles. The maximum absolute atomic E-state index is 11.8. The maximum atomic E-state index is 11.8. The molecule has 0 aromatic heterocycles. The first-order chi connectivity index (χ1) is 9.49. The zero-order chi connectivity index (χ0) is 14.7. The number of amides is 2. The van der Waals surface area contributed by atoms with Crippen LogP contribution in [0.4, 0.5) is 5.69 Å². The Kier molecular flexibility index (Phi) is 4.81. The molecule has 0 saturated heterocycles. The van der Waals surface area contributed by atoms with Crippen molar-refractivity contribution in [1.29, 1.82) is 0 Å². The van der Waals surface area contributed by atoms with Crippen molar-refractivity contribution in [2.75, 3.05) is 18.0 Å². The molecule has 1 aliphatic carbocycles. The number of hydrogen-bond donors (Lipinski definition) is 1. The van der Waals surface area contributed by atoms with E-state index in [-0.39, 0.29) is 17.7 Å². The van der Waals surface area contributed by atoms with Gasteiger partial charge in [0.25, 0.3) is 0 Å². The molecule has 0 bridgehead atoms. The third-order valence-corrected chi connectivity index (χ3v) is 3.99. The SMILES string of the molecule is CC(=O)N(CCNC(=O)C1CC1)c1ccc(C)cc1Br. The van der Waals surface area contributed by atoms with Gasteiger partial charge in [-0.25, -0.2) is 0 Å². The lowest BCUT2D eigenvalue weighted by Gasteiger charge is -2.23. The molecule has 0 spiro atoms. The van der Waals surface area contributed by atoms with Crippen molar-refractivity contribution in [3.05, 3.63) is 28.2 Å². The molecule has 5 heteroatoms. The third kappa shape index (κ3) is 3.82. The minimum absolute atomic E-state index is 0.0322. The topological polar surface area (TPSA) is 49.4 Å². The predicted molar refractivity (Wildman–Crippen MR) is 82.6 cm³/mol. The zero-order valence-electron chi connectivity index (χ0n) is 11.8. The van der Waals surface area contributed by atoms with Crippen molar-refractivity contribution in [1.82, 2.24) is 5.32 Å². The highest BCUT2D eigenvalue weighted by Crippen LogP contribution is 2.29. The Labute approximate surface area is 127 Å². The van der Waals surface area contributed by atoms with E-state index in [2.05, 4.69) is 21.2 Å². The molecule has 4 nitrogen and oxygen atoms in total. The van der Waals surface area contributed by atoms with E-state index in [0.29, 0.717) is 13.1 Å². The number of halogens is 1. The second kappa shape index (κ2) is 6.39. The number of rotatable bonds is 5. The fourth-order valence-electron chi connectivity index (χ4n) is 2.06. The first kappa shape index (κ1) is 15.0. The normalized spacial score (nSPS) is 13.9. The van der Waals surface area contributed by atoms with Crippen LogP contribution in [-0.2, 0) is 9.59 Å². The van der Waals surface area contributed by atoms with Crippen molar-refractivity contribution in [3.8, 4) is 0 Å². The fourth-order valence-corrected chi connectivity index (χ4v) is 2.77. The Morgan fingerprint density at radius 3 is 2.65 bits per heavy atom. The molecule has 2 amide bonds. The molecule has 20 heavy (non-hydrogen) atoms. The highest BCUT2D eigenvalue weighted by Gasteiger charge is 2.29. The Hall–Kier alpha value is -1.36. The Morgan fingerprint density at radius 2 is 2.10 bits per heavy atom. The summed E-state index contributed by atoms with van der Waals surface area (Å²) in [5.74, 6) is 0.276. The summed E-state index contributed by atoms with van der Waals surface area (Å²) >= 11 is 3.49. The van der Waals surface area contributed by atoms with E-state index < -0.39 is 0 Å². The summed E-state index contributed by atoms with van der Waals surface area (Å²) in [5.41, 5.74) is 1.97. The lowest BCUT2D eigenvalue weighted by atomic mass is 10.2.